The summed E-state index contributed by atoms with van der Waals surface area (Å²) < 4.78 is 11.0. The Kier molecular flexibility index (Phi) is 6.93. The Balaban J connectivity index is 1.36. The monoisotopic (exact) mass is 382 g/mol. The van der Waals surface area contributed by atoms with Crippen molar-refractivity contribution in [1.29, 1.82) is 0 Å². The Hall–Kier alpha value is -2.73. The molecule has 0 atom stereocenters. The molecule has 1 amide bonds. The molecule has 2 aromatic carbocycles. The van der Waals surface area contributed by atoms with Crippen molar-refractivity contribution in [1.82, 2.24) is 10.3 Å². The zero-order valence-electron chi connectivity index (χ0n) is 15.2. The molecule has 1 heterocycles. The van der Waals surface area contributed by atoms with Crippen LogP contribution in [0.15, 0.2) is 65.7 Å². The van der Waals surface area contributed by atoms with E-state index in [2.05, 4.69) is 10.3 Å². The number of thioether (sulfide) groups is 1. The fraction of sp³-hybridized carbons (Fsp3) is 0.238. The van der Waals surface area contributed by atoms with Gasteiger partial charge in [-0.15, -0.1) is 0 Å². The summed E-state index contributed by atoms with van der Waals surface area (Å²) in [6.07, 6.45) is 0. The van der Waals surface area contributed by atoms with Crippen molar-refractivity contribution in [2.45, 2.75) is 11.9 Å². The second-order valence-corrected chi connectivity index (χ2v) is 6.73. The summed E-state index contributed by atoms with van der Waals surface area (Å²) in [6, 6.07) is 19.3. The van der Waals surface area contributed by atoms with Gasteiger partial charge in [0.15, 0.2) is 0 Å². The molecule has 0 fully saturated rings. The molecule has 27 heavy (non-hydrogen) atoms. The number of para-hydroxylation sites is 1. The minimum Gasteiger partial charge on any atom is -0.494 e. The lowest BCUT2D eigenvalue weighted by molar-refractivity contribution is -0.118. The number of nitrogens with one attached hydrogen (secondary N) is 1. The van der Waals surface area contributed by atoms with Crippen molar-refractivity contribution in [3.05, 3.63) is 60.7 Å². The number of carbonyl (C=O) groups excluding carboxylic acids is 1. The number of nitrogens with zero attached hydrogens (tertiary/aromatic N) is 1. The van der Waals surface area contributed by atoms with Crippen LogP contribution in [0.25, 0.3) is 10.9 Å². The van der Waals surface area contributed by atoms with Crippen LogP contribution in [0.2, 0.25) is 0 Å². The third-order valence-electron chi connectivity index (χ3n) is 3.75. The molecular weight excluding hydrogens is 360 g/mol. The Morgan fingerprint density at radius 2 is 1.74 bits per heavy atom. The van der Waals surface area contributed by atoms with Gasteiger partial charge in [0, 0.05) is 5.39 Å². The zero-order valence-corrected chi connectivity index (χ0v) is 16.0. The predicted molar refractivity (Wildman–Crippen MR) is 109 cm³/mol. The fourth-order valence-corrected chi connectivity index (χ4v) is 3.18. The van der Waals surface area contributed by atoms with Gasteiger partial charge in [-0.05, 0) is 43.3 Å². The number of benzene rings is 2. The summed E-state index contributed by atoms with van der Waals surface area (Å²) in [6.45, 7) is 3.46. The standard InChI is InChI=1S/C21H22N2O3S/c1-2-25-17-8-10-18(11-9-17)26-14-13-22-20(24)15-27-21-12-7-16-5-3-4-6-19(16)23-21/h3-12H,2,13-15H2,1H3,(H,22,24). The Morgan fingerprint density at radius 1 is 1.00 bits per heavy atom. The fourth-order valence-electron chi connectivity index (χ4n) is 2.48. The molecule has 3 aromatic rings. The highest BCUT2D eigenvalue weighted by molar-refractivity contribution is 7.99. The van der Waals surface area contributed by atoms with Crippen LogP contribution in [0.1, 0.15) is 6.92 Å². The van der Waals surface area contributed by atoms with Crippen molar-refractivity contribution < 1.29 is 14.3 Å². The topological polar surface area (TPSA) is 60.5 Å². The number of ether oxygens (including phenoxy) is 2. The van der Waals surface area contributed by atoms with Crippen molar-refractivity contribution in [2.24, 2.45) is 0 Å². The van der Waals surface area contributed by atoms with Gasteiger partial charge in [0.25, 0.3) is 0 Å². The van der Waals surface area contributed by atoms with Gasteiger partial charge in [0.1, 0.15) is 18.1 Å². The average Bonchev–Trinajstić information content (AvgIpc) is 2.71. The molecule has 0 unspecified atom stereocenters. The molecule has 0 aliphatic heterocycles. The minimum absolute atomic E-state index is 0.0368. The molecule has 6 heteroatoms. The van der Waals surface area contributed by atoms with E-state index in [9.17, 15) is 4.79 Å². The lowest BCUT2D eigenvalue weighted by Crippen LogP contribution is -2.29. The van der Waals surface area contributed by atoms with Crippen LogP contribution in [-0.2, 0) is 4.79 Å². The summed E-state index contributed by atoms with van der Waals surface area (Å²) in [7, 11) is 0. The normalized spacial score (nSPS) is 10.6. The lowest BCUT2D eigenvalue weighted by atomic mass is 10.2. The largest absolute Gasteiger partial charge is 0.494 e. The SMILES string of the molecule is CCOc1ccc(OCCNC(=O)CSc2ccc3ccccc3n2)cc1. The van der Waals surface area contributed by atoms with Crippen molar-refractivity contribution in [3.63, 3.8) is 0 Å². The van der Waals surface area contributed by atoms with E-state index in [-0.39, 0.29) is 5.91 Å². The van der Waals surface area contributed by atoms with E-state index in [0.29, 0.717) is 25.5 Å². The van der Waals surface area contributed by atoms with Crippen molar-refractivity contribution in [2.75, 3.05) is 25.5 Å². The van der Waals surface area contributed by atoms with E-state index < -0.39 is 0 Å². The van der Waals surface area contributed by atoms with Gasteiger partial charge in [-0.3, -0.25) is 4.79 Å². The number of hydrogen-bond donors (Lipinski definition) is 1. The molecule has 0 aliphatic rings. The molecule has 0 aliphatic carbocycles. The number of rotatable bonds is 9. The van der Waals surface area contributed by atoms with E-state index in [4.69, 9.17) is 9.47 Å². The first-order valence-electron chi connectivity index (χ1n) is 8.85. The first-order valence-corrected chi connectivity index (χ1v) is 9.84. The van der Waals surface area contributed by atoms with Gasteiger partial charge in [0.05, 0.1) is 29.4 Å². The van der Waals surface area contributed by atoms with Gasteiger partial charge in [-0.1, -0.05) is 36.0 Å². The summed E-state index contributed by atoms with van der Waals surface area (Å²) in [5.74, 6) is 1.86. The van der Waals surface area contributed by atoms with E-state index >= 15 is 0 Å². The van der Waals surface area contributed by atoms with Crippen LogP contribution in [0.3, 0.4) is 0 Å². The maximum absolute atomic E-state index is 12.0. The third kappa shape index (κ3) is 5.89. The van der Waals surface area contributed by atoms with Crippen LogP contribution >= 0.6 is 11.8 Å². The van der Waals surface area contributed by atoms with E-state index in [1.54, 1.807) is 0 Å². The van der Waals surface area contributed by atoms with Gasteiger partial charge >= 0.3 is 0 Å². The van der Waals surface area contributed by atoms with Gasteiger partial charge in [-0.2, -0.15) is 0 Å². The van der Waals surface area contributed by atoms with Crippen LogP contribution in [-0.4, -0.2) is 36.4 Å². The first-order chi connectivity index (χ1) is 13.2. The highest BCUT2D eigenvalue weighted by Gasteiger charge is 2.05. The molecule has 1 N–H and O–H groups in total. The minimum atomic E-state index is -0.0368. The molecule has 0 radical (unpaired) electrons. The quantitative estimate of drug-likeness (QED) is 0.449. The predicted octanol–water partition coefficient (Wildman–Crippen LogP) is 3.92. The van der Waals surface area contributed by atoms with Crippen LogP contribution in [0.4, 0.5) is 0 Å². The summed E-state index contributed by atoms with van der Waals surface area (Å²) in [5.41, 5.74) is 0.937. The number of hydrogen-bond acceptors (Lipinski definition) is 5. The molecular formula is C21H22N2O3S. The molecule has 0 saturated carbocycles. The van der Waals surface area contributed by atoms with E-state index in [0.717, 1.165) is 27.4 Å². The smallest absolute Gasteiger partial charge is 0.230 e. The van der Waals surface area contributed by atoms with Gasteiger partial charge in [0.2, 0.25) is 5.91 Å². The second-order valence-electron chi connectivity index (χ2n) is 5.73. The molecule has 5 nitrogen and oxygen atoms in total. The number of amides is 1. The van der Waals surface area contributed by atoms with Crippen LogP contribution in [0, 0.1) is 0 Å². The number of carbonyl (C=O) groups is 1. The van der Waals surface area contributed by atoms with Crippen LogP contribution < -0.4 is 14.8 Å². The number of aromatic nitrogens is 1. The van der Waals surface area contributed by atoms with Gasteiger partial charge < -0.3 is 14.8 Å². The summed E-state index contributed by atoms with van der Waals surface area (Å²) >= 11 is 1.43. The molecule has 0 bridgehead atoms. The highest BCUT2D eigenvalue weighted by atomic mass is 32.2. The second kappa shape index (κ2) is 9.83. The molecule has 1 aromatic heterocycles. The molecule has 0 saturated heterocycles. The summed E-state index contributed by atoms with van der Waals surface area (Å²) in [4.78, 5) is 16.5. The maximum Gasteiger partial charge on any atom is 0.230 e. The van der Waals surface area contributed by atoms with Crippen LogP contribution in [0.5, 0.6) is 11.5 Å². The van der Waals surface area contributed by atoms with Crippen molar-refractivity contribution in [3.8, 4) is 11.5 Å². The molecule has 0 spiro atoms. The van der Waals surface area contributed by atoms with E-state index in [1.807, 2.05) is 67.6 Å². The number of fused-ring (bicyclic) bond motifs is 1. The maximum atomic E-state index is 12.0. The first kappa shape index (κ1) is 19.0. The Bertz CT molecular complexity index is 884. The van der Waals surface area contributed by atoms with Gasteiger partial charge in [-0.25, -0.2) is 4.98 Å². The average molecular weight is 382 g/mol. The molecule has 3 rings (SSSR count). The zero-order chi connectivity index (χ0) is 18.9. The third-order valence-corrected chi connectivity index (χ3v) is 4.68. The summed E-state index contributed by atoms with van der Waals surface area (Å²) in [5, 5.41) is 4.79. The van der Waals surface area contributed by atoms with E-state index in [1.165, 1.54) is 11.8 Å². The Labute approximate surface area is 163 Å². The number of pyridine rings is 1. The molecule has 140 valence electrons. The highest BCUT2D eigenvalue weighted by Crippen LogP contribution is 2.20. The van der Waals surface area contributed by atoms with Crippen molar-refractivity contribution >= 4 is 28.6 Å². The Morgan fingerprint density at radius 3 is 2.52 bits per heavy atom. The lowest BCUT2D eigenvalue weighted by Gasteiger charge is -2.09.